The molecule has 0 aliphatic heterocycles. The third kappa shape index (κ3) is 3.26. The number of aromatic nitrogens is 8. The molecule has 0 radical (unpaired) electrons. The summed E-state index contributed by atoms with van der Waals surface area (Å²) in [5.74, 6) is 0.617. The molecule has 6 aromatic rings. The van der Waals surface area contributed by atoms with Gasteiger partial charge in [0.15, 0.2) is 11.5 Å². The molecule has 0 aromatic carbocycles. The van der Waals surface area contributed by atoms with Crippen molar-refractivity contribution in [2.24, 2.45) is 0 Å². The molecule has 0 atom stereocenters. The Morgan fingerprint density at radius 3 is 2.55 bits per heavy atom. The number of rotatable bonds is 4. The molecule has 9 nitrogen and oxygen atoms in total. The summed E-state index contributed by atoms with van der Waals surface area (Å²) in [6.45, 7) is 0. The van der Waals surface area contributed by atoms with Crippen LogP contribution in [0.2, 0.25) is 0 Å². The molecule has 0 amide bonds. The lowest BCUT2D eigenvalue weighted by molar-refractivity contribution is 1.10. The molecule has 0 spiro atoms. The van der Waals surface area contributed by atoms with E-state index in [1.165, 1.54) is 0 Å². The molecule has 0 unspecified atom stereocenters. The largest absolute Gasteiger partial charge is 0.376 e. The summed E-state index contributed by atoms with van der Waals surface area (Å²) < 4.78 is 0. The average Bonchev–Trinajstić information content (AvgIpc) is 3.48. The van der Waals surface area contributed by atoms with E-state index >= 15 is 0 Å². The highest BCUT2D eigenvalue weighted by Crippen LogP contribution is 2.30. The van der Waals surface area contributed by atoms with Gasteiger partial charge in [0, 0.05) is 38.2 Å². The van der Waals surface area contributed by atoms with Crippen molar-refractivity contribution >= 4 is 27.8 Å². The van der Waals surface area contributed by atoms with Crippen molar-refractivity contribution in [2.75, 3.05) is 19.0 Å². The Balaban J connectivity index is 1.48. The van der Waals surface area contributed by atoms with Crippen LogP contribution in [0, 0.1) is 0 Å². The van der Waals surface area contributed by atoms with Gasteiger partial charge in [-0.25, -0.2) is 9.97 Å². The summed E-state index contributed by atoms with van der Waals surface area (Å²) in [4.78, 5) is 28.4. The Kier molecular flexibility index (Phi) is 4.32. The van der Waals surface area contributed by atoms with Crippen LogP contribution >= 0.6 is 0 Å². The highest BCUT2D eigenvalue weighted by Gasteiger charge is 2.17. The molecule has 9 heteroatoms. The number of pyridine rings is 4. The molecule has 0 saturated carbocycles. The molecule has 0 bridgehead atoms. The van der Waals surface area contributed by atoms with Gasteiger partial charge < -0.3 is 9.88 Å². The standard InChI is InChI=1S/C24H19N9/c1-33(2)15-11-14(12-25-13-15)16-6-7-19-22(28-16)23(32-31-19)24-29-18-8-10-27-20(21(18)30-24)17-5-3-4-9-26-17/h3-13H,1-2H3,(H,29,30)(H,31,32). The van der Waals surface area contributed by atoms with E-state index in [1.54, 1.807) is 12.4 Å². The van der Waals surface area contributed by atoms with Gasteiger partial charge in [-0.15, -0.1) is 0 Å². The number of fused-ring (bicyclic) bond motifs is 2. The minimum atomic E-state index is 0.617. The van der Waals surface area contributed by atoms with Crippen LogP contribution in [0.4, 0.5) is 5.69 Å². The molecule has 0 aliphatic rings. The maximum absolute atomic E-state index is 4.89. The van der Waals surface area contributed by atoms with E-state index in [1.807, 2.05) is 67.8 Å². The zero-order valence-corrected chi connectivity index (χ0v) is 18.0. The maximum Gasteiger partial charge on any atom is 0.161 e. The van der Waals surface area contributed by atoms with Crippen LogP contribution in [0.25, 0.3) is 56.2 Å². The van der Waals surface area contributed by atoms with Crippen molar-refractivity contribution in [1.82, 2.24) is 40.1 Å². The normalized spacial score (nSPS) is 11.3. The van der Waals surface area contributed by atoms with Crippen LogP contribution in [-0.4, -0.2) is 54.2 Å². The molecule has 160 valence electrons. The smallest absolute Gasteiger partial charge is 0.161 e. The fraction of sp³-hybridized carbons (Fsp3) is 0.0833. The molecule has 2 N–H and O–H groups in total. The predicted octanol–water partition coefficient (Wildman–Crippen LogP) is 4.09. The third-order valence-corrected chi connectivity index (χ3v) is 5.48. The first-order valence-corrected chi connectivity index (χ1v) is 10.4. The lowest BCUT2D eigenvalue weighted by Gasteiger charge is -2.12. The van der Waals surface area contributed by atoms with E-state index in [-0.39, 0.29) is 0 Å². The van der Waals surface area contributed by atoms with Gasteiger partial charge in [-0.2, -0.15) is 5.10 Å². The van der Waals surface area contributed by atoms with E-state index in [0.29, 0.717) is 11.5 Å². The van der Waals surface area contributed by atoms with E-state index in [9.17, 15) is 0 Å². The fourth-order valence-electron chi connectivity index (χ4n) is 3.78. The van der Waals surface area contributed by atoms with Crippen LogP contribution < -0.4 is 4.90 Å². The van der Waals surface area contributed by atoms with Gasteiger partial charge in [-0.3, -0.25) is 20.1 Å². The van der Waals surface area contributed by atoms with Crippen LogP contribution in [0.15, 0.2) is 67.3 Å². The monoisotopic (exact) mass is 433 g/mol. The molecule has 6 aromatic heterocycles. The van der Waals surface area contributed by atoms with E-state index in [4.69, 9.17) is 9.97 Å². The Bertz CT molecular complexity index is 1600. The van der Waals surface area contributed by atoms with Gasteiger partial charge in [0.05, 0.1) is 34.3 Å². The van der Waals surface area contributed by atoms with Crippen LogP contribution in [0.1, 0.15) is 0 Å². The van der Waals surface area contributed by atoms with E-state index in [0.717, 1.165) is 50.4 Å². The topological polar surface area (TPSA) is 112 Å². The van der Waals surface area contributed by atoms with Gasteiger partial charge in [0.25, 0.3) is 0 Å². The Morgan fingerprint density at radius 2 is 1.70 bits per heavy atom. The lowest BCUT2D eigenvalue weighted by atomic mass is 10.1. The Morgan fingerprint density at radius 1 is 0.788 bits per heavy atom. The number of hydrogen-bond acceptors (Lipinski definition) is 7. The number of nitrogens with zero attached hydrogens (tertiary/aromatic N) is 7. The zero-order valence-electron chi connectivity index (χ0n) is 18.0. The second kappa shape index (κ2) is 7.49. The average molecular weight is 433 g/mol. The molecular weight excluding hydrogens is 414 g/mol. The van der Waals surface area contributed by atoms with Crippen LogP contribution in [0.5, 0.6) is 0 Å². The second-order valence-corrected chi connectivity index (χ2v) is 7.85. The van der Waals surface area contributed by atoms with Crippen LogP contribution in [0.3, 0.4) is 0 Å². The molecule has 0 saturated heterocycles. The number of anilines is 1. The first-order valence-electron chi connectivity index (χ1n) is 10.4. The van der Waals surface area contributed by atoms with Gasteiger partial charge in [-0.05, 0) is 36.4 Å². The highest BCUT2D eigenvalue weighted by atomic mass is 15.2. The summed E-state index contributed by atoms with van der Waals surface area (Å²) in [5.41, 5.74) is 8.04. The van der Waals surface area contributed by atoms with Crippen LogP contribution in [-0.2, 0) is 0 Å². The quantitative estimate of drug-likeness (QED) is 0.431. The molecule has 0 aliphatic carbocycles. The minimum absolute atomic E-state index is 0.617. The first-order chi connectivity index (χ1) is 16.2. The molecular formula is C24H19N9. The van der Waals surface area contributed by atoms with Gasteiger partial charge >= 0.3 is 0 Å². The fourth-order valence-corrected chi connectivity index (χ4v) is 3.78. The zero-order chi connectivity index (χ0) is 22.4. The number of hydrogen-bond donors (Lipinski definition) is 2. The number of nitrogens with one attached hydrogen (secondary N) is 2. The Hall–Kier alpha value is -4.66. The SMILES string of the molecule is CN(C)c1cncc(-c2ccc3[nH]nc(-c4nc5c(-c6ccccn6)nccc5[nH]4)c3n2)c1. The second-order valence-electron chi connectivity index (χ2n) is 7.85. The molecule has 6 heterocycles. The summed E-state index contributed by atoms with van der Waals surface area (Å²) in [7, 11) is 3.97. The van der Waals surface area contributed by atoms with Crippen molar-refractivity contribution in [3.8, 4) is 34.2 Å². The van der Waals surface area contributed by atoms with Crippen molar-refractivity contribution in [2.45, 2.75) is 0 Å². The van der Waals surface area contributed by atoms with Gasteiger partial charge in [-0.1, -0.05) is 6.07 Å². The highest BCUT2D eigenvalue weighted by molar-refractivity contribution is 5.94. The van der Waals surface area contributed by atoms with Crippen molar-refractivity contribution in [3.63, 3.8) is 0 Å². The van der Waals surface area contributed by atoms with Crippen molar-refractivity contribution in [1.29, 1.82) is 0 Å². The number of H-pyrrole nitrogens is 2. The van der Waals surface area contributed by atoms with Gasteiger partial charge in [0.1, 0.15) is 16.7 Å². The summed E-state index contributed by atoms with van der Waals surface area (Å²) in [6, 6.07) is 13.6. The lowest BCUT2D eigenvalue weighted by Crippen LogP contribution is -2.08. The summed E-state index contributed by atoms with van der Waals surface area (Å²) in [5, 5.41) is 7.56. The molecule has 6 rings (SSSR count). The molecule has 0 fully saturated rings. The number of imidazole rings is 1. The van der Waals surface area contributed by atoms with Gasteiger partial charge in [0.2, 0.25) is 0 Å². The Labute approximate surface area is 188 Å². The van der Waals surface area contributed by atoms with Crippen molar-refractivity contribution < 1.29 is 0 Å². The van der Waals surface area contributed by atoms with E-state index < -0.39 is 0 Å². The van der Waals surface area contributed by atoms with Crippen molar-refractivity contribution in [3.05, 3.63) is 67.3 Å². The minimum Gasteiger partial charge on any atom is -0.376 e. The molecule has 33 heavy (non-hydrogen) atoms. The summed E-state index contributed by atoms with van der Waals surface area (Å²) >= 11 is 0. The number of aromatic amines is 2. The summed E-state index contributed by atoms with van der Waals surface area (Å²) in [6.07, 6.45) is 7.13. The maximum atomic E-state index is 4.89. The first kappa shape index (κ1) is 19.1. The van der Waals surface area contributed by atoms with E-state index in [2.05, 4.69) is 36.2 Å². The predicted molar refractivity (Wildman–Crippen MR) is 128 cm³/mol. The third-order valence-electron chi connectivity index (χ3n) is 5.48.